The van der Waals surface area contributed by atoms with E-state index in [1.54, 1.807) is 14.2 Å². The van der Waals surface area contributed by atoms with Crippen LogP contribution in [0.2, 0.25) is 0 Å². The van der Waals surface area contributed by atoms with E-state index in [0.717, 1.165) is 19.6 Å². The normalized spacial score (nSPS) is 11.2. The lowest BCUT2D eigenvalue weighted by Gasteiger charge is -2.24. The number of rotatable bonds is 8. The van der Waals surface area contributed by atoms with E-state index in [2.05, 4.69) is 39.4 Å². The van der Waals surface area contributed by atoms with Crippen LogP contribution in [0.1, 0.15) is 20.3 Å². The van der Waals surface area contributed by atoms with Crippen molar-refractivity contribution in [3.8, 4) is 6.01 Å². The van der Waals surface area contributed by atoms with Gasteiger partial charge in [0.05, 0.1) is 7.11 Å². The SMILES string of the molecule is CNc1nc(NCC(C)(C)CCOC)nc(OC)n1. The van der Waals surface area contributed by atoms with E-state index >= 15 is 0 Å². The smallest absolute Gasteiger partial charge is 0.322 e. The second-order valence-corrected chi connectivity index (χ2v) is 4.98. The second kappa shape index (κ2) is 7.08. The Hall–Kier alpha value is -1.63. The van der Waals surface area contributed by atoms with Crippen LogP contribution in [0, 0.1) is 5.41 Å². The fourth-order valence-corrected chi connectivity index (χ4v) is 1.42. The summed E-state index contributed by atoms with van der Waals surface area (Å²) in [6.07, 6.45) is 0.956. The van der Waals surface area contributed by atoms with Gasteiger partial charge in [-0.25, -0.2) is 0 Å². The zero-order valence-electron chi connectivity index (χ0n) is 12.3. The molecule has 0 aliphatic heterocycles. The Morgan fingerprint density at radius 1 is 1.11 bits per heavy atom. The number of anilines is 2. The van der Waals surface area contributed by atoms with Gasteiger partial charge in [0.25, 0.3) is 0 Å². The molecular formula is C12H23N5O2. The van der Waals surface area contributed by atoms with Crippen LogP contribution >= 0.6 is 0 Å². The molecule has 7 heteroatoms. The van der Waals surface area contributed by atoms with E-state index in [9.17, 15) is 0 Å². The summed E-state index contributed by atoms with van der Waals surface area (Å²) < 4.78 is 10.1. The molecule has 108 valence electrons. The standard InChI is InChI=1S/C12H23N5O2/c1-12(2,6-7-18-4)8-14-10-15-9(13-3)16-11(17-10)19-5/h6-8H2,1-5H3,(H2,13,14,15,16,17). The van der Waals surface area contributed by atoms with Gasteiger partial charge in [0.15, 0.2) is 0 Å². The van der Waals surface area contributed by atoms with Crippen molar-refractivity contribution in [2.75, 3.05) is 45.1 Å². The van der Waals surface area contributed by atoms with Gasteiger partial charge in [0, 0.05) is 27.3 Å². The Morgan fingerprint density at radius 3 is 2.37 bits per heavy atom. The molecule has 0 saturated carbocycles. The highest BCUT2D eigenvalue weighted by Gasteiger charge is 2.18. The number of nitrogens with zero attached hydrogens (tertiary/aromatic N) is 3. The molecule has 2 N–H and O–H groups in total. The molecule has 0 saturated heterocycles. The van der Waals surface area contributed by atoms with Gasteiger partial charge in [-0.05, 0) is 11.8 Å². The first-order valence-corrected chi connectivity index (χ1v) is 6.21. The molecule has 0 bridgehead atoms. The predicted octanol–water partition coefficient (Wildman–Crippen LogP) is 1.40. The third kappa shape index (κ3) is 5.25. The Kier molecular flexibility index (Phi) is 5.75. The first kappa shape index (κ1) is 15.4. The summed E-state index contributed by atoms with van der Waals surface area (Å²) in [7, 11) is 4.99. The highest BCUT2D eigenvalue weighted by molar-refractivity contribution is 5.35. The van der Waals surface area contributed by atoms with E-state index in [1.807, 2.05) is 0 Å². The van der Waals surface area contributed by atoms with Gasteiger partial charge in [-0.15, -0.1) is 0 Å². The number of aromatic nitrogens is 3. The number of nitrogens with one attached hydrogen (secondary N) is 2. The third-order valence-electron chi connectivity index (χ3n) is 2.73. The Balaban J connectivity index is 2.66. The number of hydrogen-bond donors (Lipinski definition) is 2. The third-order valence-corrected chi connectivity index (χ3v) is 2.73. The molecule has 7 nitrogen and oxygen atoms in total. The van der Waals surface area contributed by atoms with Crippen LogP contribution in [0.3, 0.4) is 0 Å². The monoisotopic (exact) mass is 269 g/mol. The van der Waals surface area contributed by atoms with Crippen molar-refractivity contribution in [2.45, 2.75) is 20.3 Å². The van der Waals surface area contributed by atoms with E-state index in [-0.39, 0.29) is 11.4 Å². The van der Waals surface area contributed by atoms with Gasteiger partial charge in [-0.1, -0.05) is 13.8 Å². The lowest BCUT2D eigenvalue weighted by molar-refractivity contribution is 0.157. The molecule has 1 aromatic heterocycles. The summed E-state index contributed by atoms with van der Waals surface area (Å²) in [5, 5.41) is 6.08. The number of hydrogen-bond acceptors (Lipinski definition) is 7. The highest BCUT2D eigenvalue weighted by atomic mass is 16.5. The molecule has 0 amide bonds. The number of ether oxygens (including phenoxy) is 2. The van der Waals surface area contributed by atoms with E-state index < -0.39 is 0 Å². The molecule has 1 heterocycles. The van der Waals surface area contributed by atoms with Crippen molar-refractivity contribution in [1.82, 2.24) is 15.0 Å². The Morgan fingerprint density at radius 2 is 1.79 bits per heavy atom. The lowest BCUT2D eigenvalue weighted by atomic mass is 9.90. The van der Waals surface area contributed by atoms with Crippen molar-refractivity contribution >= 4 is 11.9 Å². The molecule has 0 unspecified atom stereocenters. The lowest BCUT2D eigenvalue weighted by Crippen LogP contribution is -2.25. The minimum Gasteiger partial charge on any atom is -0.467 e. The van der Waals surface area contributed by atoms with Gasteiger partial charge in [-0.3, -0.25) is 0 Å². The minimum absolute atomic E-state index is 0.0929. The molecule has 19 heavy (non-hydrogen) atoms. The van der Waals surface area contributed by atoms with E-state index in [1.165, 1.54) is 7.11 Å². The van der Waals surface area contributed by atoms with Gasteiger partial charge in [0.2, 0.25) is 11.9 Å². The van der Waals surface area contributed by atoms with Crippen LogP contribution in [0.5, 0.6) is 6.01 Å². The first-order valence-electron chi connectivity index (χ1n) is 6.21. The summed E-state index contributed by atoms with van der Waals surface area (Å²) in [5.74, 6) is 0.978. The van der Waals surface area contributed by atoms with Gasteiger partial charge >= 0.3 is 6.01 Å². The van der Waals surface area contributed by atoms with Crippen molar-refractivity contribution in [3.63, 3.8) is 0 Å². The summed E-state index contributed by atoms with van der Waals surface area (Å²) >= 11 is 0. The molecule has 0 fully saturated rings. The van der Waals surface area contributed by atoms with Crippen LogP contribution in [0.25, 0.3) is 0 Å². The fourth-order valence-electron chi connectivity index (χ4n) is 1.42. The Labute approximate surface area is 114 Å². The average molecular weight is 269 g/mol. The van der Waals surface area contributed by atoms with Crippen LogP contribution in [-0.2, 0) is 4.74 Å². The van der Waals surface area contributed by atoms with Crippen molar-refractivity contribution in [3.05, 3.63) is 0 Å². The summed E-state index contributed by atoms with van der Waals surface area (Å²) in [4.78, 5) is 12.4. The van der Waals surface area contributed by atoms with E-state index in [0.29, 0.717) is 11.9 Å². The van der Waals surface area contributed by atoms with Gasteiger partial charge in [0.1, 0.15) is 0 Å². The maximum absolute atomic E-state index is 5.10. The quantitative estimate of drug-likeness (QED) is 0.738. The van der Waals surface area contributed by atoms with Crippen LogP contribution in [-0.4, -0.2) is 49.4 Å². The molecule has 0 atom stereocenters. The molecule has 0 aliphatic rings. The zero-order chi connectivity index (χ0) is 14.3. The van der Waals surface area contributed by atoms with Crippen molar-refractivity contribution in [2.24, 2.45) is 5.41 Å². The second-order valence-electron chi connectivity index (χ2n) is 4.98. The Bertz CT molecular complexity index is 375. The summed E-state index contributed by atoms with van der Waals surface area (Å²) in [6, 6.07) is 0.288. The summed E-state index contributed by atoms with van der Waals surface area (Å²) in [6.45, 7) is 5.80. The zero-order valence-corrected chi connectivity index (χ0v) is 12.3. The molecule has 0 spiro atoms. The number of methoxy groups -OCH3 is 2. The van der Waals surface area contributed by atoms with Crippen molar-refractivity contribution in [1.29, 1.82) is 0 Å². The predicted molar refractivity (Wildman–Crippen MR) is 74.7 cm³/mol. The topological polar surface area (TPSA) is 81.2 Å². The largest absolute Gasteiger partial charge is 0.467 e. The first-order chi connectivity index (χ1) is 9.00. The van der Waals surface area contributed by atoms with Crippen molar-refractivity contribution < 1.29 is 9.47 Å². The minimum atomic E-state index is 0.0929. The maximum atomic E-state index is 5.10. The van der Waals surface area contributed by atoms with Gasteiger partial charge in [-0.2, -0.15) is 15.0 Å². The highest BCUT2D eigenvalue weighted by Crippen LogP contribution is 2.21. The molecule has 0 radical (unpaired) electrons. The maximum Gasteiger partial charge on any atom is 0.322 e. The summed E-state index contributed by atoms with van der Waals surface area (Å²) in [5.41, 5.74) is 0.0929. The molecule has 0 aromatic carbocycles. The molecule has 1 aromatic rings. The molecule has 1 rings (SSSR count). The molecular weight excluding hydrogens is 246 g/mol. The van der Waals surface area contributed by atoms with Crippen LogP contribution in [0.4, 0.5) is 11.9 Å². The fraction of sp³-hybridized carbons (Fsp3) is 0.750. The van der Waals surface area contributed by atoms with Gasteiger partial charge < -0.3 is 20.1 Å². The van der Waals surface area contributed by atoms with Crippen LogP contribution in [0.15, 0.2) is 0 Å². The van der Waals surface area contributed by atoms with Crippen LogP contribution < -0.4 is 15.4 Å². The molecule has 0 aliphatic carbocycles. The van der Waals surface area contributed by atoms with E-state index in [4.69, 9.17) is 9.47 Å². The average Bonchev–Trinajstić information content (AvgIpc) is 2.42.